The van der Waals surface area contributed by atoms with E-state index in [-0.39, 0.29) is 12.4 Å². The van der Waals surface area contributed by atoms with E-state index in [0.29, 0.717) is 6.61 Å². The molecule has 0 unspecified atom stereocenters. The number of aromatic nitrogens is 1. The van der Waals surface area contributed by atoms with E-state index in [1.807, 2.05) is 36.5 Å². The molecular formula is C12H10ClNO. The van der Waals surface area contributed by atoms with Gasteiger partial charge in [-0.25, -0.2) is 0 Å². The number of ether oxygens (including phenoxy) is 1. The van der Waals surface area contributed by atoms with Crippen LogP contribution in [0.5, 0.6) is 5.75 Å². The number of hydrogen-bond donors (Lipinski definition) is 0. The van der Waals surface area contributed by atoms with Gasteiger partial charge in [0, 0.05) is 17.1 Å². The number of pyridine rings is 1. The minimum atomic E-state index is 0. The van der Waals surface area contributed by atoms with Crippen LogP contribution in [0.25, 0.3) is 17.0 Å². The maximum absolute atomic E-state index is 5.61. The molecule has 2 nitrogen and oxygen atoms in total. The van der Waals surface area contributed by atoms with Crippen molar-refractivity contribution in [3.63, 3.8) is 0 Å². The summed E-state index contributed by atoms with van der Waals surface area (Å²) < 4.78 is 5.61. The van der Waals surface area contributed by atoms with E-state index < -0.39 is 0 Å². The largest absolute Gasteiger partial charge is 0.488 e. The summed E-state index contributed by atoms with van der Waals surface area (Å²) in [4.78, 5) is 4.36. The third-order valence-electron chi connectivity index (χ3n) is 2.37. The summed E-state index contributed by atoms with van der Waals surface area (Å²) >= 11 is 0. The molecule has 2 heterocycles. The molecule has 0 radical (unpaired) electrons. The molecule has 0 saturated carbocycles. The molecule has 15 heavy (non-hydrogen) atoms. The molecule has 1 aliphatic heterocycles. The molecule has 0 spiro atoms. The van der Waals surface area contributed by atoms with E-state index in [9.17, 15) is 0 Å². The lowest BCUT2D eigenvalue weighted by molar-refractivity contribution is 0.362. The Labute approximate surface area is 94.0 Å². The lowest BCUT2D eigenvalue weighted by Gasteiger charge is -2.13. The maximum Gasteiger partial charge on any atom is 0.137 e. The fourth-order valence-corrected chi connectivity index (χ4v) is 1.72. The van der Waals surface area contributed by atoms with Crippen LogP contribution in [-0.4, -0.2) is 11.6 Å². The van der Waals surface area contributed by atoms with E-state index in [2.05, 4.69) is 11.1 Å². The molecule has 3 heteroatoms. The van der Waals surface area contributed by atoms with Crippen LogP contribution in [0, 0.1) is 0 Å². The van der Waals surface area contributed by atoms with Crippen LogP contribution in [0.3, 0.4) is 0 Å². The van der Waals surface area contributed by atoms with E-state index >= 15 is 0 Å². The Morgan fingerprint density at radius 3 is 3.00 bits per heavy atom. The predicted octanol–water partition coefficient (Wildman–Crippen LogP) is 3.06. The van der Waals surface area contributed by atoms with Gasteiger partial charge < -0.3 is 4.74 Å². The zero-order chi connectivity index (χ0) is 9.38. The van der Waals surface area contributed by atoms with Gasteiger partial charge in [0.25, 0.3) is 0 Å². The summed E-state index contributed by atoms with van der Waals surface area (Å²) in [5.41, 5.74) is 2.05. The lowest BCUT2D eigenvalue weighted by atomic mass is 10.1. The van der Waals surface area contributed by atoms with Crippen molar-refractivity contribution in [2.45, 2.75) is 0 Å². The highest BCUT2D eigenvalue weighted by molar-refractivity contribution is 5.88. The molecule has 3 rings (SSSR count). The van der Waals surface area contributed by atoms with Gasteiger partial charge in [0.2, 0.25) is 0 Å². The van der Waals surface area contributed by atoms with E-state index in [1.165, 1.54) is 0 Å². The lowest BCUT2D eigenvalue weighted by Crippen LogP contribution is -2.01. The number of nitrogens with zero attached hydrogens (tertiary/aromatic N) is 1. The van der Waals surface area contributed by atoms with Gasteiger partial charge in [0.1, 0.15) is 12.4 Å². The average Bonchev–Trinajstić information content (AvgIpc) is 2.29. The minimum absolute atomic E-state index is 0. The maximum atomic E-state index is 5.61. The quantitative estimate of drug-likeness (QED) is 0.680. The van der Waals surface area contributed by atoms with Gasteiger partial charge in [-0.1, -0.05) is 18.2 Å². The van der Waals surface area contributed by atoms with Crippen LogP contribution in [0.2, 0.25) is 0 Å². The second-order valence-corrected chi connectivity index (χ2v) is 3.27. The van der Waals surface area contributed by atoms with Gasteiger partial charge in [-0.2, -0.15) is 0 Å². The third-order valence-corrected chi connectivity index (χ3v) is 2.37. The topological polar surface area (TPSA) is 22.1 Å². The van der Waals surface area contributed by atoms with Gasteiger partial charge in [0.05, 0.1) is 5.52 Å². The summed E-state index contributed by atoms with van der Waals surface area (Å²) in [6.07, 6.45) is 5.91. The van der Waals surface area contributed by atoms with Gasteiger partial charge in [-0.15, -0.1) is 12.4 Å². The number of hydrogen-bond acceptors (Lipinski definition) is 2. The Kier molecular flexibility index (Phi) is 2.60. The van der Waals surface area contributed by atoms with Crippen LogP contribution in [0.4, 0.5) is 0 Å². The van der Waals surface area contributed by atoms with Crippen molar-refractivity contribution in [2.75, 3.05) is 6.61 Å². The molecule has 76 valence electrons. The smallest absolute Gasteiger partial charge is 0.137 e. The van der Waals surface area contributed by atoms with Crippen molar-refractivity contribution in [1.29, 1.82) is 0 Å². The highest BCUT2D eigenvalue weighted by Gasteiger charge is 2.09. The van der Waals surface area contributed by atoms with Crippen LogP contribution >= 0.6 is 12.4 Å². The summed E-state index contributed by atoms with van der Waals surface area (Å²) in [5.74, 6) is 0.957. The molecule has 0 fully saturated rings. The monoisotopic (exact) mass is 219 g/mol. The van der Waals surface area contributed by atoms with Gasteiger partial charge >= 0.3 is 0 Å². The Balaban J connectivity index is 0.000000853. The molecule has 0 atom stereocenters. The van der Waals surface area contributed by atoms with Gasteiger partial charge in [-0.05, 0) is 18.2 Å². The third kappa shape index (κ3) is 1.57. The molecule has 1 aromatic heterocycles. The Bertz CT molecular complexity index is 522. The fourth-order valence-electron chi connectivity index (χ4n) is 1.72. The Morgan fingerprint density at radius 1 is 1.20 bits per heavy atom. The molecule has 0 bridgehead atoms. The van der Waals surface area contributed by atoms with Gasteiger partial charge in [-0.3, -0.25) is 4.98 Å². The molecule has 0 N–H and O–H groups in total. The van der Waals surface area contributed by atoms with E-state index in [4.69, 9.17) is 4.74 Å². The number of fused-ring (bicyclic) bond motifs is 3. The Morgan fingerprint density at radius 2 is 2.07 bits per heavy atom. The molecule has 0 saturated heterocycles. The number of para-hydroxylation sites is 1. The molecule has 0 amide bonds. The van der Waals surface area contributed by atoms with Crippen LogP contribution < -0.4 is 4.74 Å². The number of benzene rings is 1. The zero-order valence-corrected chi connectivity index (χ0v) is 8.83. The summed E-state index contributed by atoms with van der Waals surface area (Å²) in [6, 6.07) is 8.03. The predicted molar refractivity (Wildman–Crippen MR) is 63.5 cm³/mol. The van der Waals surface area contributed by atoms with Crippen molar-refractivity contribution >= 4 is 29.4 Å². The summed E-state index contributed by atoms with van der Waals surface area (Å²) in [7, 11) is 0. The first-order chi connectivity index (χ1) is 6.95. The molecule has 1 aliphatic rings. The van der Waals surface area contributed by atoms with Crippen molar-refractivity contribution in [3.05, 3.63) is 42.1 Å². The first-order valence-electron chi connectivity index (χ1n) is 4.62. The first kappa shape index (κ1) is 9.99. The summed E-state index contributed by atoms with van der Waals surface area (Å²) in [6.45, 7) is 0.654. The van der Waals surface area contributed by atoms with E-state index in [0.717, 1.165) is 22.2 Å². The molecule has 1 aromatic carbocycles. The van der Waals surface area contributed by atoms with E-state index in [1.54, 1.807) is 0 Å². The van der Waals surface area contributed by atoms with Gasteiger partial charge in [0.15, 0.2) is 0 Å². The van der Waals surface area contributed by atoms with Crippen molar-refractivity contribution in [3.8, 4) is 5.75 Å². The second kappa shape index (κ2) is 3.91. The molecular weight excluding hydrogens is 210 g/mol. The molecule has 0 aliphatic carbocycles. The standard InChI is InChI=1S/C12H9NO.ClH/c1-2-6-11-10(5-1)12-9(8-13-11)4-3-7-14-12;/h1-6,8H,7H2;1H. The normalized spacial score (nSPS) is 12.8. The molecule has 2 aromatic rings. The van der Waals surface area contributed by atoms with Crippen LogP contribution in [0.1, 0.15) is 5.56 Å². The number of halogens is 1. The first-order valence-corrected chi connectivity index (χ1v) is 4.62. The second-order valence-electron chi connectivity index (χ2n) is 3.27. The Hall–Kier alpha value is -1.54. The SMILES string of the molecule is C1=Cc2cnc3ccccc3c2OC1.Cl. The zero-order valence-electron chi connectivity index (χ0n) is 8.01. The fraction of sp³-hybridized carbons (Fsp3) is 0.0833. The van der Waals surface area contributed by atoms with Crippen molar-refractivity contribution in [2.24, 2.45) is 0 Å². The van der Waals surface area contributed by atoms with Crippen LogP contribution in [-0.2, 0) is 0 Å². The van der Waals surface area contributed by atoms with Crippen LogP contribution in [0.15, 0.2) is 36.5 Å². The highest BCUT2D eigenvalue weighted by atomic mass is 35.5. The van der Waals surface area contributed by atoms with Crippen molar-refractivity contribution < 1.29 is 4.74 Å². The summed E-state index contributed by atoms with van der Waals surface area (Å²) in [5, 5.41) is 1.09. The minimum Gasteiger partial charge on any atom is -0.488 e. The van der Waals surface area contributed by atoms with Crippen molar-refractivity contribution in [1.82, 2.24) is 4.98 Å². The number of rotatable bonds is 0. The average molecular weight is 220 g/mol. The highest BCUT2D eigenvalue weighted by Crippen LogP contribution is 2.30.